The maximum atomic E-state index is 11.6. The molecule has 0 amide bonds. The number of aryl methyl sites for hydroxylation is 2. The lowest BCUT2D eigenvalue weighted by Gasteiger charge is -2.15. The monoisotopic (exact) mass is 251 g/mol. The number of carbonyl (C=O) groups is 2. The molecule has 0 fully saturated rings. The van der Waals surface area contributed by atoms with Crippen LogP contribution in [-0.4, -0.2) is 24.2 Å². The number of methoxy groups -OCH3 is 1. The summed E-state index contributed by atoms with van der Waals surface area (Å²) in [5.41, 5.74) is 8.55. The Bertz CT molecular complexity index is 482. The van der Waals surface area contributed by atoms with Gasteiger partial charge in [-0.15, -0.1) is 0 Å². The van der Waals surface area contributed by atoms with Crippen molar-refractivity contribution in [3.63, 3.8) is 0 Å². The molecular weight excluding hydrogens is 234 g/mol. The van der Waals surface area contributed by atoms with Gasteiger partial charge >= 0.3 is 11.9 Å². The van der Waals surface area contributed by atoms with Crippen LogP contribution in [-0.2, 0) is 9.53 Å². The van der Waals surface area contributed by atoms with Gasteiger partial charge in [-0.1, -0.05) is 6.07 Å². The maximum Gasteiger partial charge on any atom is 0.338 e. The second-order valence-electron chi connectivity index (χ2n) is 4.22. The van der Waals surface area contributed by atoms with Crippen LogP contribution in [0.4, 0.5) is 0 Å². The lowest BCUT2D eigenvalue weighted by atomic mass is 9.94. The molecule has 1 aromatic carbocycles. The minimum atomic E-state index is -0.970. The first-order valence-corrected chi connectivity index (χ1v) is 5.53. The van der Waals surface area contributed by atoms with E-state index in [2.05, 4.69) is 4.74 Å². The first-order chi connectivity index (χ1) is 8.36. The van der Waals surface area contributed by atoms with Crippen molar-refractivity contribution in [1.29, 1.82) is 0 Å². The van der Waals surface area contributed by atoms with Gasteiger partial charge in [0, 0.05) is 6.04 Å². The average molecular weight is 251 g/mol. The van der Waals surface area contributed by atoms with Gasteiger partial charge in [0.15, 0.2) is 0 Å². The van der Waals surface area contributed by atoms with Crippen LogP contribution in [0.3, 0.4) is 0 Å². The van der Waals surface area contributed by atoms with Gasteiger partial charge in [-0.25, -0.2) is 4.79 Å². The molecule has 0 aliphatic heterocycles. The van der Waals surface area contributed by atoms with Crippen LogP contribution >= 0.6 is 0 Å². The van der Waals surface area contributed by atoms with Gasteiger partial charge in [0.1, 0.15) is 0 Å². The fraction of sp³-hybridized carbons (Fsp3) is 0.385. The molecule has 1 rings (SSSR count). The molecule has 5 heteroatoms. The third-order valence-corrected chi connectivity index (χ3v) is 2.81. The molecule has 1 atom stereocenters. The fourth-order valence-corrected chi connectivity index (χ4v) is 1.90. The molecular formula is C13H17NO4. The zero-order valence-corrected chi connectivity index (χ0v) is 10.7. The molecule has 1 unspecified atom stereocenters. The normalized spacial score (nSPS) is 12.0. The SMILES string of the molecule is COC(=O)c1cc(C(N)CC(=O)O)c(C)cc1C. The van der Waals surface area contributed by atoms with E-state index in [0.717, 1.165) is 11.1 Å². The standard InChI is InChI=1S/C13H17NO4/c1-7-4-8(2)10(13(17)18-3)5-9(7)11(14)6-12(15)16/h4-5,11H,6,14H2,1-3H3,(H,15,16). The van der Waals surface area contributed by atoms with E-state index in [4.69, 9.17) is 10.8 Å². The molecule has 0 saturated heterocycles. The maximum absolute atomic E-state index is 11.6. The molecule has 18 heavy (non-hydrogen) atoms. The van der Waals surface area contributed by atoms with Gasteiger partial charge in [0.05, 0.1) is 19.1 Å². The molecule has 0 bridgehead atoms. The Labute approximate surface area is 106 Å². The number of hydrogen-bond donors (Lipinski definition) is 2. The number of benzene rings is 1. The molecule has 0 aromatic heterocycles. The lowest BCUT2D eigenvalue weighted by molar-refractivity contribution is -0.137. The summed E-state index contributed by atoms with van der Waals surface area (Å²) in [5.74, 6) is -1.42. The van der Waals surface area contributed by atoms with Gasteiger partial charge in [-0.3, -0.25) is 4.79 Å². The number of carboxylic acid groups (broad SMARTS) is 1. The van der Waals surface area contributed by atoms with Crippen molar-refractivity contribution >= 4 is 11.9 Å². The van der Waals surface area contributed by atoms with E-state index in [1.165, 1.54) is 7.11 Å². The second kappa shape index (κ2) is 5.64. The van der Waals surface area contributed by atoms with Crippen molar-refractivity contribution < 1.29 is 19.4 Å². The number of esters is 1. The third-order valence-electron chi connectivity index (χ3n) is 2.81. The van der Waals surface area contributed by atoms with Crippen LogP contribution in [0.25, 0.3) is 0 Å². The number of carboxylic acids is 1. The smallest absolute Gasteiger partial charge is 0.338 e. The minimum Gasteiger partial charge on any atom is -0.481 e. The minimum absolute atomic E-state index is 0.176. The van der Waals surface area contributed by atoms with Gasteiger partial charge in [-0.05, 0) is 36.6 Å². The number of hydrogen-bond acceptors (Lipinski definition) is 4. The van der Waals surface area contributed by atoms with E-state index in [0.29, 0.717) is 11.1 Å². The number of aliphatic carboxylic acids is 1. The Morgan fingerprint density at radius 1 is 1.33 bits per heavy atom. The summed E-state index contributed by atoms with van der Waals surface area (Å²) in [6, 6.07) is 2.79. The molecule has 0 aliphatic rings. The number of ether oxygens (including phenoxy) is 1. The zero-order valence-electron chi connectivity index (χ0n) is 10.7. The van der Waals surface area contributed by atoms with Gasteiger partial charge < -0.3 is 15.6 Å². The van der Waals surface area contributed by atoms with Crippen molar-refractivity contribution in [2.45, 2.75) is 26.3 Å². The molecule has 0 spiro atoms. The van der Waals surface area contributed by atoms with Gasteiger partial charge in [0.25, 0.3) is 0 Å². The Kier molecular flexibility index (Phi) is 4.44. The summed E-state index contributed by atoms with van der Waals surface area (Å²) in [6.07, 6.45) is -0.176. The van der Waals surface area contributed by atoms with Crippen LogP contribution in [0.15, 0.2) is 12.1 Å². The summed E-state index contributed by atoms with van der Waals surface area (Å²) in [7, 11) is 1.30. The largest absolute Gasteiger partial charge is 0.481 e. The van der Waals surface area contributed by atoms with Crippen LogP contribution in [0.5, 0.6) is 0 Å². The predicted molar refractivity (Wildman–Crippen MR) is 66.4 cm³/mol. The Hall–Kier alpha value is -1.88. The van der Waals surface area contributed by atoms with Crippen LogP contribution in [0.1, 0.15) is 39.5 Å². The molecule has 0 heterocycles. The van der Waals surface area contributed by atoms with E-state index >= 15 is 0 Å². The molecule has 5 nitrogen and oxygen atoms in total. The van der Waals surface area contributed by atoms with Crippen molar-refractivity contribution in [2.24, 2.45) is 5.73 Å². The molecule has 3 N–H and O–H groups in total. The quantitative estimate of drug-likeness (QED) is 0.793. The Balaban J connectivity index is 3.20. The van der Waals surface area contributed by atoms with Crippen LogP contribution < -0.4 is 5.73 Å². The van der Waals surface area contributed by atoms with Crippen molar-refractivity contribution in [3.05, 3.63) is 34.4 Å². The fourth-order valence-electron chi connectivity index (χ4n) is 1.90. The van der Waals surface area contributed by atoms with Crippen molar-refractivity contribution in [2.75, 3.05) is 7.11 Å². The van der Waals surface area contributed by atoms with E-state index in [9.17, 15) is 9.59 Å². The summed E-state index contributed by atoms with van der Waals surface area (Å²) in [6.45, 7) is 3.64. The van der Waals surface area contributed by atoms with Gasteiger partial charge in [-0.2, -0.15) is 0 Å². The molecule has 1 aromatic rings. The highest BCUT2D eigenvalue weighted by Crippen LogP contribution is 2.23. The van der Waals surface area contributed by atoms with Crippen molar-refractivity contribution in [1.82, 2.24) is 0 Å². The number of carbonyl (C=O) groups excluding carboxylic acids is 1. The summed E-state index contributed by atoms with van der Waals surface area (Å²) in [5, 5.41) is 8.74. The van der Waals surface area contributed by atoms with Crippen molar-refractivity contribution in [3.8, 4) is 0 Å². The molecule has 0 aliphatic carbocycles. The zero-order chi connectivity index (χ0) is 13.9. The van der Waals surface area contributed by atoms with E-state index in [-0.39, 0.29) is 6.42 Å². The molecule has 0 saturated carbocycles. The Morgan fingerprint density at radius 2 is 1.94 bits per heavy atom. The number of rotatable bonds is 4. The molecule has 98 valence electrons. The van der Waals surface area contributed by atoms with E-state index < -0.39 is 18.0 Å². The highest BCUT2D eigenvalue weighted by atomic mass is 16.5. The first kappa shape index (κ1) is 14.2. The second-order valence-corrected chi connectivity index (χ2v) is 4.22. The summed E-state index contributed by atoms with van der Waals surface area (Å²) in [4.78, 5) is 22.2. The van der Waals surface area contributed by atoms with Crippen LogP contribution in [0, 0.1) is 13.8 Å². The summed E-state index contributed by atoms with van der Waals surface area (Å²) >= 11 is 0. The van der Waals surface area contributed by atoms with E-state index in [1.807, 2.05) is 13.0 Å². The average Bonchev–Trinajstić information content (AvgIpc) is 2.27. The van der Waals surface area contributed by atoms with Crippen LogP contribution in [0.2, 0.25) is 0 Å². The number of nitrogens with two attached hydrogens (primary N) is 1. The first-order valence-electron chi connectivity index (χ1n) is 5.53. The van der Waals surface area contributed by atoms with Gasteiger partial charge in [0.2, 0.25) is 0 Å². The summed E-state index contributed by atoms with van der Waals surface area (Å²) < 4.78 is 4.68. The third kappa shape index (κ3) is 3.07. The highest BCUT2D eigenvalue weighted by molar-refractivity contribution is 5.91. The lowest BCUT2D eigenvalue weighted by Crippen LogP contribution is -2.17. The van der Waals surface area contributed by atoms with E-state index in [1.54, 1.807) is 13.0 Å². The predicted octanol–water partition coefficient (Wildman–Crippen LogP) is 1.56. The Morgan fingerprint density at radius 3 is 2.44 bits per heavy atom. The molecule has 0 radical (unpaired) electrons. The highest BCUT2D eigenvalue weighted by Gasteiger charge is 2.17. The topological polar surface area (TPSA) is 89.6 Å².